The summed E-state index contributed by atoms with van der Waals surface area (Å²) in [5, 5.41) is 10.1. The van der Waals surface area contributed by atoms with Crippen molar-refractivity contribution in [3.05, 3.63) is 103 Å². The molecule has 5 N–H and O–H groups in total. The van der Waals surface area contributed by atoms with Gasteiger partial charge in [0, 0.05) is 43.4 Å². The average Bonchev–Trinajstić information content (AvgIpc) is 3.12. The van der Waals surface area contributed by atoms with E-state index in [9.17, 15) is 27.9 Å². The first-order valence-electron chi connectivity index (χ1n) is 12.5. The topological polar surface area (TPSA) is 220 Å². The zero-order valence-electron chi connectivity index (χ0n) is 22.7. The number of nitrogens with zero attached hydrogens (tertiary/aromatic N) is 2. The van der Waals surface area contributed by atoms with Gasteiger partial charge in [0.2, 0.25) is 20.7 Å². The summed E-state index contributed by atoms with van der Waals surface area (Å²) in [6, 6.07) is 13.4. The zero-order valence-corrected chi connectivity index (χ0v) is 24.6. The number of aromatic nitrogens is 2. The van der Waals surface area contributed by atoms with Crippen molar-refractivity contribution in [3.63, 3.8) is 0 Å². The van der Waals surface area contributed by atoms with Gasteiger partial charge < -0.3 is 32.8 Å². The standard InChI is InChI=1S/C15H18N2O7S.2C6H6N2.Ni/c1-16-11(18)9(12(19)17(2)14(16)21)8-10-13(20)24-15(25(10,22)23)6-4-3-5-7-15;2*7-5-3-1-2-4-6(5)8;/h8,18H,3-7H2,1-2H3;2*1-4,7-8H;/q;2*-2;/b10-8+;;;. The number of esters is 1. The Hall–Kier alpha value is -4.23. The van der Waals surface area contributed by atoms with Crippen LogP contribution in [0.25, 0.3) is 29.0 Å². The SMILES string of the molecule is Cn1c(O)c(/C=C2\C(=O)OC3(CCCCC3)S2(=O)=O)c(=O)n(C)c1=O.[NH-]c1ccccc1[NH-].[NH-]c1ccccc1[NH-].[Ni]. The Kier molecular flexibility index (Phi) is 11.0. The van der Waals surface area contributed by atoms with E-state index in [1.54, 1.807) is 48.5 Å². The van der Waals surface area contributed by atoms with E-state index in [1.807, 2.05) is 0 Å². The predicted octanol–water partition coefficient (Wildman–Crippen LogP) is 5.87. The van der Waals surface area contributed by atoms with Crippen LogP contribution in [0.2, 0.25) is 0 Å². The molecule has 15 heteroatoms. The molecule has 5 rings (SSSR count). The van der Waals surface area contributed by atoms with Gasteiger partial charge in [-0.15, -0.1) is 0 Å². The van der Waals surface area contributed by atoms with Gasteiger partial charge in [0.05, 0.1) is 0 Å². The van der Waals surface area contributed by atoms with E-state index in [0.717, 1.165) is 21.6 Å². The molecule has 0 amide bonds. The van der Waals surface area contributed by atoms with Crippen LogP contribution in [0.5, 0.6) is 5.88 Å². The first-order valence-corrected chi connectivity index (χ1v) is 13.9. The molecule has 2 fully saturated rings. The molecule has 0 radical (unpaired) electrons. The molecule has 2 heterocycles. The minimum absolute atomic E-state index is 0. The Bertz CT molecular complexity index is 1630. The maximum atomic E-state index is 12.9. The van der Waals surface area contributed by atoms with Crippen LogP contribution >= 0.6 is 0 Å². The number of hydrogen-bond acceptors (Lipinski definition) is 7. The number of ether oxygens (including phenoxy) is 1. The molecule has 1 aromatic heterocycles. The zero-order chi connectivity index (χ0) is 30.5. The van der Waals surface area contributed by atoms with E-state index in [0.29, 0.717) is 12.8 Å². The van der Waals surface area contributed by atoms with E-state index in [4.69, 9.17) is 27.7 Å². The largest absolute Gasteiger partial charge is 0.700 e. The van der Waals surface area contributed by atoms with Crippen LogP contribution in [0.3, 0.4) is 0 Å². The number of benzene rings is 2. The fourth-order valence-electron chi connectivity index (χ4n) is 4.27. The molecule has 0 atom stereocenters. The number of nitrogens with one attached hydrogen (secondary N) is 4. The number of sulfone groups is 1. The van der Waals surface area contributed by atoms with Crippen molar-refractivity contribution in [2.75, 3.05) is 0 Å². The monoisotopic (exact) mass is 640 g/mol. The summed E-state index contributed by atoms with van der Waals surface area (Å²) >= 11 is 0. The van der Waals surface area contributed by atoms with E-state index in [-0.39, 0.29) is 52.1 Å². The molecule has 2 aromatic carbocycles. The van der Waals surface area contributed by atoms with Gasteiger partial charge >= 0.3 is 11.7 Å². The molecule has 0 bridgehead atoms. The first kappa shape index (κ1) is 34.0. The summed E-state index contributed by atoms with van der Waals surface area (Å²) in [7, 11) is -1.71. The van der Waals surface area contributed by atoms with Crippen molar-refractivity contribution in [1.82, 2.24) is 9.13 Å². The third kappa shape index (κ3) is 6.80. The smallest absolute Gasteiger partial charge is 0.351 e. The van der Waals surface area contributed by atoms with Gasteiger partial charge in [-0.3, -0.25) is 13.9 Å². The molecular weight excluding hydrogens is 611 g/mol. The van der Waals surface area contributed by atoms with E-state index in [1.165, 1.54) is 14.1 Å². The molecule has 0 unspecified atom stereocenters. The van der Waals surface area contributed by atoms with Gasteiger partial charge in [-0.25, -0.2) is 18.0 Å². The van der Waals surface area contributed by atoms with Crippen LogP contribution in [0.15, 0.2) is 63.0 Å². The molecule has 1 saturated carbocycles. The van der Waals surface area contributed by atoms with Crippen LogP contribution < -0.4 is 11.2 Å². The van der Waals surface area contributed by atoms with Gasteiger partial charge in [0.25, 0.3) is 5.56 Å². The Balaban J connectivity index is 0.000000295. The second kappa shape index (κ2) is 13.6. The molecule has 1 aliphatic carbocycles. The van der Waals surface area contributed by atoms with Crippen molar-refractivity contribution in [3.8, 4) is 5.88 Å². The van der Waals surface area contributed by atoms with Gasteiger partial charge in [0.1, 0.15) is 5.56 Å². The number of carbonyl (C=O) groups is 1. The second-order valence-corrected chi connectivity index (χ2v) is 11.6. The van der Waals surface area contributed by atoms with Crippen molar-refractivity contribution >= 4 is 44.6 Å². The summed E-state index contributed by atoms with van der Waals surface area (Å²) in [6.45, 7) is 0. The molecule has 1 aliphatic heterocycles. The summed E-state index contributed by atoms with van der Waals surface area (Å²) in [5.74, 6) is -1.76. The number of carbonyl (C=O) groups excluding carboxylic acids is 1. The quantitative estimate of drug-likeness (QED) is 0.193. The van der Waals surface area contributed by atoms with Crippen LogP contribution in [0, 0.1) is 0 Å². The maximum absolute atomic E-state index is 12.9. The molecule has 42 heavy (non-hydrogen) atoms. The fourth-order valence-corrected chi connectivity index (χ4v) is 6.21. The van der Waals surface area contributed by atoms with E-state index < -0.39 is 48.3 Å². The van der Waals surface area contributed by atoms with Crippen molar-refractivity contribution < 1.29 is 39.5 Å². The van der Waals surface area contributed by atoms with Crippen molar-refractivity contribution in [2.45, 2.75) is 37.0 Å². The fraction of sp³-hybridized carbons (Fsp3) is 0.296. The molecule has 13 nitrogen and oxygen atoms in total. The summed E-state index contributed by atoms with van der Waals surface area (Å²) in [6.07, 6.45) is 3.30. The molecule has 3 aromatic rings. The average molecular weight is 641 g/mol. The van der Waals surface area contributed by atoms with E-state index in [2.05, 4.69) is 0 Å². The molecular formula is C27H30N6NiO7S-4. The predicted molar refractivity (Wildman–Crippen MR) is 156 cm³/mol. The minimum Gasteiger partial charge on any atom is -0.700 e. The minimum atomic E-state index is -4.12. The normalized spacial score (nSPS) is 17.2. The van der Waals surface area contributed by atoms with Crippen LogP contribution in [0.4, 0.5) is 22.7 Å². The third-order valence-electron chi connectivity index (χ3n) is 6.67. The molecule has 230 valence electrons. The number of aromatic hydroxyl groups is 1. The van der Waals surface area contributed by atoms with Crippen LogP contribution in [-0.2, 0) is 50.0 Å². The van der Waals surface area contributed by atoms with Gasteiger partial charge in [-0.05, 0) is 18.9 Å². The molecule has 1 saturated heterocycles. The molecule has 1 spiro atoms. The number of hydrogen-bond donors (Lipinski definition) is 1. The summed E-state index contributed by atoms with van der Waals surface area (Å²) in [5.41, 5.74) is 27.1. The number of rotatable bonds is 1. The third-order valence-corrected chi connectivity index (χ3v) is 9.01. The maximum Gasteiger partial charge on any atom is 0.351 e. The summed E-state index contributed by atoms with van der Waals surface area (Å²) < 4.78 is 32.4. The second-order valence-electron chi connectivity index (χ2n) is 9.41. The summed E-state index contributed by atoms with van der Waals surface area (Å²) in [4.78, 5) is 33.9. The van der Waals surface area contributed by atoms with Crippen LogP contribution in [-0.4, -0.2) is 33.6 Å². The Labute approximate surface area is 252 Å². The van der Waals surface area contributed by atoms with E-state index >= 15 is 0 Å². The first-order chi connectivity index (χ1) is 19.2. The Morgan fingerprint density at radius 2 is 1.24 bits per heavy atom. The van der Waals surface area contributed by atoms with Crippen LogP contribution in [0.1, 0.15) is 37.7 Å². The van der Waals surface area contributed by atoms with Crippen molar-refractivity contribution in [1.29, 1.82) is 0 Å². The van der Waals surface area contributed by atoms with Gasteiger partial charge in [0.15, 0.2) is 4.91 Å². The molecule has 2 aliphatic rings. The Morgan fingerprint density at radius 1 is 0.810 bits per heavy atom. The Morgan fingerprint density at radius 3 is 1.64 bits per heavy atom. The van der Waals surface area contributed by atoms with Crippen molar-refractivity contribution in [2.24, 2.45) is 14.1 Å². The van der Waals surface area contributed by atoms with Gasteiger partial charge in [-0.2, -0.15) is 22.7 Å². The van der Waals surface area contributed by atoms with Gasteiger partial charge in [-0.1, -0.05) is 55.0 Å².